The largest absolute Gasteiger partial charge is 1.00 e. The van der Waals surface area contributed by atoms with Gasteiger partial charge < -0.3 is 9.29 Å². The van der Waals surface area contributed by atoms with Crippen molar-refractivity contribution in [3.05, 3.63) is 0 Å². The molecule has 0 N–H and O–H groups in total. The smallest absolute Gasteiger partial charge is 0.748 e. The maximum atomic E-state index is 11.0. The number of hydrogen-bond acceptors (Lipinski definition) is 6. The number of rotatable bonds is 4. The zero-order chi connectivity index (χ0) is 14.0. The van der Waals surface area contributed by atoms with Crippen LogP contribution in [0.4, 0.5) is 0 Å². The monoisotopic (exact) mass is 321 g/mol. The molecule has 0 saturated heterocycles. The van der Waals surface area contributed by atoms with E-state index >= 15 is 0 Å². The van der Waals surface area contributed by atoms with Crippen molar-refractivity contribution < 1.29 is 55.7 Å². The summed E-state index contributed by atoms with van der Waals surface area (Å²) >= 11 is 0. The average Bonchev–Trinajstić information content (AvgIpc) is 2.23. The first-order valence-corrected chi connectivity index (χ1v) is 8.68. The van der Waals surface area contributed by atoms with Gasteiger partial charge in [0.2, 0.25) is 10.0 Å². The molecule has 0 radical (unpaired) electrons. The van der Waals surface area contributed by atoms with E-state index in [1.807, 2.05) is 0 Å². The molecule has 0 heterocycles. The molecule has 3 atom stereocenters. The number of hydrogen-bond donors (Lipinski definition) is 0. The maximum Gasteiger partial charge on any atom is 1.00 e. The van der Waals surface area contributed by atoms with E-state index in [-0.39, 0.29) is 48.5 Å². The Balaban J connectivity index is 0.00000324. The summed E-state index contributed by atoms with van der Waals surface area (Å²) in [4.78, 5) is 0. The van der Waals surface area contributed by atoms with Gasteiger partial charge in [-0.1, -0.05) is 0 Å². The van der Waals surface area contributed by atoms with Gasteiger partial charge in [-0.3, -0.25) is 0 Å². The molecule has 3 unspecified atom stereocenters. The van der Waals surface area contributed by atoms with E-state index in [0.717, 1.165) is 6.26 Å². The molecule has 0 aromatic rings. The zero-order valence-corrected chi connectivity index (χ0v) is 14.8. The van der Waals surface area contributed by atoms with Gasteiger partial charge in [-0.25, -0.2) is 16.8 Å². The van der Waals surface area contributed by atoms with Crippen molar-refractivity contribution in [2.45, 2.75) is 30.6 Å². The standard InChI is InChI=1S/C9H17NO6S2.Na/c1-16-9-4-3-8(18(13,14)15)5-7(9)6-10-17(2,11)12;/h6-9H,3-5H2,1-2H3,(H,13,14,15);/q;+1/p-1/b10-6-;. The fraction of sp³-hybridized carbons (Fsp3) is 0.889. The number of nitrogens with zero attached hydrogens (tertiary/aromatic N) is 1. The van der Waals surface area contributed by atoms with E-state index in [2.05, 4.69) is 4.40 Å². The van der Waals surface area contributed by atoms with Crippen LogP contribution in [0.5, 0.6) is 0 Å². The second-order valence-corrected chi connectivity index (χ2v) is 7.68. The van der Waals surface area contributed by atoms with E-state index in [0.29, 0.717) is 6.42 Å². The Morgan fingerprint density at radius 1 is 1.26 bits per heavy atom. The topological polar surface area (TPSA) is 113 Å². The predicted molar refractivity (Wildman–Crippen MR) is 65.0 cm³/mol. The first-order chi connectivity index (χ1) is 8.13. The molecule has 1 rings (SSSR count). The molecule has 1 aliphatic rings. The van der Waals surface area contributed by atoms with Crippen molar-refractivity contribution in [2.75, 3.05) is 13.4 Å². The average molecular weight is 321 g/mol. The van der Waals surface area contributed by atoms with Crippen molar-refractivity contribution in [2.24, 2.45) is 10.3 Å². The molecule has 1 fully saturated rings. The quantitative estimate of drug-likeness (QED) is 0.305. The molecule has 7 nitrogen and oxygen atoms in total. The van der Waals surface area contributed by atoms with Gasteiger partial charge in [0, 0.05) is 19.2 Å². The number of ether oxygens (including phenoxy) is 1. The summed E-state index contributed by atoms with van der Waals surface area (Å²) in [6.45, 7) is 0. The Hall–Kier alpha value is 0.490. The van der Waals surface area contributed by atoms with Gasteiger partial charge in [-0.2, -0.15) is 4.40 Å². The van der Waals surface area contributed by atoms with Crippen molar-refractivity contribution in [1.29, 1.82) is 0 Å². The van der Waals surface area contributed by atoms with E-state index in [4.69, 9.17) is 4.74 Å². The maximum absolute atomic E-state index is 11.0. The van der Waals surface area contributed by atoms with Crippen molar-refractivity contribution in [1.82, 2.24) is 0 Å². The van der Waals surface area contributed by atoms with Crippen LogP contribution in [0.3, 0.4) is 0 Å². The Morgan fingerprint density at radius 3 is 2.26 bits per heavy atom. The second kappa shape index (κ2) is 7.48. The Labute approximate surface area is 135 Å². The molecular weight excluding hydrogens is 305 g/mol. The minimum Gasteiger partial charge on any atom is -0.748 e. The second-order valence-electron chi connectivity index (χ2n) is 4.35. The van der Waals surface area contributed by atoms with Crippen LogP contribution >= 0.6 is 0 Å². The van der Waals surface area contributed by atoms with Gasteiger partial charge >= 0.3 is 29.6 Å². The first kappa shape index (κ1) is 19.5. The summed E-state index contributed by atoms with van der Waals surface area (Å²) in [6.07, 6.45) is 2.46. The predicted octanol–water partition coefficient (Wildman–Crippen LogP) is -3.25. The minimum absolute atomic E-state index is 0. The van der Waals surface area contributed by atoms with Crippen LogP contribution in [0.15, 0.2) is 4.40 Å². The van der Waals surface area contributed by atoms with E-state index in [1.165, 1.54) is 13.3 Å². The molecule has 0 aromatic heterocycles. The number of methoxy groups -OCH3 is 1. The molecule has 106 valence electrons. The van der Waals surface area contributed by atoms with E-state index in [9.17, 15) is 21.4 Å². The van der Waals surface area contributed by atoms with Crippen molar-refractivity contribution in [3.8, 4) is 0 Å². The first-order valence-electron chi connectivity index (χ1n) is 5.36. The van der Waals surface area contributed by atoms with Gasteiger partial charge in [0.25, 0.3) is 0 Å². The Bertz CT molecular complexity index is 515. The third-order valence-electron chi connectivity index (χ3n) is 2.94. The van der Waals surface area contributed by atoms with Crippen molar-refractivity contribution >= 4 is 26.4 Å². The van der Waals surface area contributed by atoms with Crippen LogP contribution in [0.1, 0.15) is 19.3 Å². The van der Waals surface area contributed by atoms with Gasteiger partial charge in [-0.15, -0.1) is 0 Å². The molecular formula is C9H16NNaO6S2. The van der Waals surface area contributed by atoms with Gasteiger partial charge in [0.1, 0.15) is 0 Å². The molecule has 10 heteroatoms. The van der Waals surface area contributed by atoms with Crippen molar-refractivity contribution in [3.63, 3.8) is 0 Å². The summed E-state index contributed by atoms with van der Waals surface area (Å²) in [7, 11) is -6.43. The molecule has 0 amide bonds. The van der Waals surface area contributed by atoms with E-state index in [1.54, 1.807) is 0 Å². The molecule has 1 saturated carbocycles. The zero-order valence-electron chi connectivity index (χ0n) is 11.1. The van der Waals surface area contributed by atoms with Gasteiger partial charge in [0.05, 0.1) is 27.7 Å². The normalized spacial score (nSPS) is 29.1. The summed E-state index contributed by atoms with van der Waals surface area (Å²) < 4.78 is 63.3. The fourth-order valence-corrected chi connectivity index (χ4v) is 3.30. The minimum atomic E-state index is -4.36. The Morgan fingerprint density at radius 2 is 1.84 bits per heavy atom. The van der Waals surface area contributed by atoms with Gasteiger partial charge in [0.15, 0.2) is 0 Å². The molecule has 0 aromatic carbocycles. The van der Waals surface area contributed by atoms with Crippen LogP contribution in [0.2, 0.25) is 0 Å². The third-order valence-corrected chi connectivity index (χ3v) is 4.69. The number of sulfonamides is 1. The van der Waals surface area contributed by atoms with Crippen LogP contribution in [-0.4, -0.2) is 52.3 Å². The van der Waals surface area contributed by atoms with Crippen LogP contribution in [-0.2, 0) is 24.9 Å². The summed E-state index contributed by atoms with van der Waals surface area (Å²) in [5.74, 6) is -0.479. The van der Waals surface area contributed by atoms with Crippen LogP contribution < -0.4 is 29.6 Å². The van der Waals surface area contributed by atoms with Gasteiger partial charge in [-0.05, 0) is 19.3 Å². The molecule has 1 aliphatic carbocycles. The third kappa shape index (κ3) is 6.65. The summed E-state index contributed by atoms with van der Waals surface area (Å²) in [5, 5.41) is -1.00. The van der Waals surface area contributed by atoms with E-state index < -0.39 is 31.3 Å². The molecule has 19 heavy (non-hydrogen) atoms. The Kier molecular flexibility index (Phi) is 7.68. The summed E-state index contributed by atoms with van der Waals surface area (Å²) in [6, 6.07) is 0. The molecule has 0 bridgehead atoms. The van der Waals surface area contributed by atoms with Crippen LogP contribution in [0, 0.1) is 5.92 Å². The summed E-state index contributed by atoms with van der Waals surface area (Å²) in [5.41, 5.74) is 0. The molecule has 0 aliphatic heterocycles. The molecule has 0 spiro atoms. The fourth-order valence-electron chi connectivity index (χ4n) is 2.04. The van der Waals surface area contributed by atoms with Crippen LogP contribution in [0.25, 0.3) is 0 Å². The SMILES string of the molecule is COC1CCC(S(=O)(=O)[O-])CC1/C=N\S(C)(=O)=O.[Na+].